The summed E-state index contributed by atoms with van der Waals surface area (Å²) in [5.41, 5.74) is 2.40. The number of ether oxygens (including phenoxy) is 2. The summed E-state index contributed by atoms with van der Waals surface area (Å²) in [6.45, 7) is 3.51. The molecular formula is C15H13Br3O2S. The number of benzene rings is 1. The van der Waals surface area contributed by atoms with Gasteiger partial charge in [-0.1, -0.05) is 31.9 Å². The summed E-state index contributed by atoms with van der Waals surface area (Å²) in [5, 5.41) is 0. The minimum Gasteiger partial charge on any atom is -0.490 e. The Bertz CT molecular complexity index is 650. The van der Waals surface area contributed by atoms with E-state index in [0.717, 1.165) is 28.0 Å². The molecule has 2 heterocycles. The molecule has 0 bridgehead atoms. The normalized spacial score (nSPS) is 15.6. The van der Waals surface area contributed by atoms with Gasteiger partial charge in [0.2, 0.25) is 0 Å². The van der Waals surface area contributed by atoms with Crippen LogP contribution in [0, 0.1) is 6.92 Å². The molecule has 0 amide bonds. The van der Waals surface area contributed by atoms with E-state index in [4.69, 9.17) is 9.47 Å². The molecule has 112 valence electrons. The Hall–Kier alpha value is -0.0400. The van der Waals surface area contributed by atoms with Crippen molar-refractivity contribution in [1.29, 1.82) is 0 Å². The van der Waals surface area contributed by atoms with E-state index in [0.29, 0.717) is 13.2 Å². The minimum absolute atomic E-state index is 0.124. The summed E-state index contributed by atoms with van der Waals surface area (Å²) in [6, 6.07) is 6.26. The van der Waals surface area contributed by atoms with E-state index in [2.05, 4.69) is 66.8 Å². The predicted molar refractivity (Wildman–Crippen MR) is 97.3 cm³/mol. The van der Waals surface area contributed by atoms with E-state index in [1.165, 1.54) is 14.2 Å². The van der Waals surface area contributed by atoms with Gasteiger partial charge in [-0.3, -0.25) is 0 Å². The first-order valence-electron chi connectivity index (χ1n) is 6.55. The van der Waals surface area contributed by atoms with Gasteiger partial charge in [-0.15, -0.1) is 11.3 Å². The van der Waals surface area contributed by atoms with Gasteiger partial charge in [0.05, 0.1) is 21.8 Å². The van der Waals surface area contributed by atoms with Crippen LogP contribution in [0.15, 0.2) is 26.5 Å². The van der Waals surface area contributed by atoms with Gasteiger partial charge in [-0.05, 0) is 52.2 Å². The quantitative estimate of drug-likeness (QED) is 0.459. The molecule has 2 nitrogen and oxygen atoms in total. The standard InChI is InChI=1S/C15H13Br3O2S/c1-8-5-13(21-15(8)18)14(17)9-6-11-12(7-10(9)16)20-4-2-3-19-11/h5-7,14H,2-4H2,1H3. The van der Waals surface area contributed by atoms with Crippen LogP contribution in [0.1, 0.15) is 27.3 Å². The number of rotatable bonds is 2. The van der Waals surface area contributed by atoms with Crippen molar-refractivity contribution in [3.05, 3.63) is 42.5 Å². The van der Waals surface area contributed by atoms with Crippen LogP contribution in [0.25, 0.3) is 0 Å². The molecule has 21 heavy (non-hydrogen) atoms. The van der Waals surface area contributed by atoms with Crippen molar-refractivity contribution in [2.45, 2.75) is 18.2 Å². The molecular weight excluding hydrogens is 484 g/mol. The monoisotopic (exact) mass is 494 g/mol. The number of hydrogen-bond donors (Lipinski definition) is 0. The average Bonchev–Trinajstić information content (AvgIpc) is 2.66. The molecule has 2 aromatic rings. The third-order valence-corrected chi connectivity index (χ3v) is 7.44. The van der Waals surface area contributed by atoms with E-state index in [1.807, 2.05) is 6.07 Å². The molecule has 1 aliphatic heterocycles. The van der Waals surface area contributed by atoms with Crippen LogP contribution in [0.3, 0.4) is 0 Å². The van der Waals surface area contributed by atoms with Gasteiger partial charge in [-0.25, -0.2) is 0 Å². The molecule has 0 saturated carbocycles. The number of hydrogen-bond acceptors (Lipinski definition) is 3. The summed E-state index contributed by atoms with van der Waals surface area (Å²) in [6.07, 6.45) is 0.913. The van der Waals surface area contributed by atoms with Gasteiger partial charge in [-0.2, -0.15) is 0 Å². The van der Waals surface area contributed by atoms with Gasteiger partial charge in [0, 0.05) is 15.8 Å². The number of aryl methyl sites for hydroxylation is 1. The zero-order chi connectivity index (χ0) is 15.0. The lowest BCUT2D eigenvalue weighted by molar-refractivity contribution is 0.297. The fraction of sp³-hybridized carbons (Fsp3) is 0.333. The summed E-state index contributed by atoms with van der Waals surface area (Å²) in [5.74, 6) is 1.63. The number of fused-ring (bicyclic) bond motifs is 1. The Balaban J connectivity index is 1.99. The number of halogens is 3. The van der Waals surface area contributed by atoms with Crippen molar-refractivity contribution in [2.24, 2.45) is 0 Å². The second-order valence-corrected chi connectivity index (χ2v) is 9.01. The van der Waals surface area contributed by atoms with Gasteiger partial charge < -0.3 is 9.47 Å². The lowest BCUT2D eigenvalue weighted by atomic mass is 10.1. The van der Waals surface area contributed by atoms with Gasteiger partial charge >= 0.3 is 0 Å². The van der Waals surface area contributed by atoms with Crippen LogP contribution < -0.4 is 9.47 Å². The largest absolute Gasteiger partial charge is 0.490 e. The van der Waals surface area contributed by atoms with Crippen LogP contribution >= 0.6 is 59.1 Å². The van der Waals surface area contributed by atoms with Crippen molar-refractivity contribution in [1.82, 2.24) is 0 Å². The fourth-order valence-corrected chi connectivity index (χ4v) is 5.37. The Labute approximate surface area is 153 Å². The van der Waals surface area contributed by atoms with E-state index < -0.39 is 0 Å². The van der Waals surface area contributed by atoms with Gasteiger partial charge in [0.15, 0.2) is 11.5 Å². The van der Waals surface area contributed by atoms with Crippen molar-refractivity contribution >= 4 is 59.1 Å². The third-order valence-electron chi connectivity index (χ3n) is 3.27. The number of alkyl halides is 1. The molecule has 0 aliphatic carbocycles. The van der Waals surface area contributed by atoms with Crippen molar-refractivity contribution in [2.75, 3.05) is 13.2 Å². The van der Waals surface area contributed by atoms with Crippen LogP contribution in [0.4, 0.5) is 0 Å². The van der Waals surface area contributed by atoms with Crippen molar-refractivity contribution in [3.8, 4) is 11.5 Å². The maximum Gasteiger partial charge on any atom is 0.162 e. The molecule has 1 atom stereocenters. The SMILES string of the molecule is Cc1cc(C(Br)c2cc3c(cc2Br)OCCCO3)sc1Br. The molecule has 0 spiro atoms. The highest BCUT2D eigenvalue weighted by atomic mass is 79.9. The molecule has 6 heteroatoms. The second-order valence-electron chi connectivity index (χ2n) is 4.84. The summed E-state index contributed by atoms with van der Waals surface area (Å²) < 4.78 is 13.7. The topological polar surface area (TPSA) is 18.5 Å². The fourth-order valence-electron chi connectivity index (χ4n) is 2.16. The smallest absolute Gasteiger partial charge is 0.162 e. The number of thiophene rings is 1. The highest BCUT2D eigenvalue weighted by molar-refractivity contribution is 9.11. The highest BCUT2D eigenvalue weighted by Crippen LogP contribution is 2.45. The molecule has 1 unspecified atom stereocenters. The minimum atomic E-state index is 0.124. The lowest BCUT2D eigenvalue weighted by Crippen LogP contribution is -1.97. The summed E-state index contributed by atoms with van der Waals surface area (Å²) >= 11 is 12.8. The van der Waals surface area contributed by atoms with Gasteiger partial charge in [0.1, 0.15) is 0 Å². The van der Waals surface area contributed by atoms with Crippen LogP contribution in [-0.4, -0.2) is 13.2 Å². The van der Waals surface area contributed by atoms with E-state index in [9.17, 15) is 0 Å². The van der Waals surface area contributed by atoms with Gasteiger partial charge in [0.25, 0.3) is 0 Å². The first-order valence-corrected chi connectivity index (χ1v) is 9.87. The molecule has 0 saturated heterocycles. The summed E-state index contributed by atoms with van der Waals surface area (Å²) in [4.78, 5) is 1.38. The van der Waals surface area contributed by atoms with Crippen LogP contribution in [0.5, 0.6) is 11.5 Å². The van der Waals surface area contributed by atoms with Crippen LogP contribution in [0.2, 0.25) is 0 Å². The predicted octanol–water partition coefficient (Wildman–Crippen LogP) is 6.23. The molecule has 0 fully saturated rings. The lowest BCUT2D eigenvalue weighted by Gasteiger charge is -2.15. The molecule has 0 radical (unpaired) electrons. The van der Waals surface area contributed by atoms with E-state index in [-0.39, 0.29) is 4.83 Å². The van der Waals surface area contributed by atoms with E-state index >= 15 is 0 Å². The maximum atomic E-state index is 5.79. The Morgan fingerprint density at radius 1 is 1.10 bits per heavy atom. The second kappa shape index (κ2) is 6.60. The Morgan fingerprint density at radius 2 is 1.76 bits per heavy atom. The van der Waals surface area contributed by atoms with E-state index in [1.54, 1.807) is 11.3 Å². The highest BCUT2D eigenvalue weighted by Gasteiger charge is 2.21. The van der Waals surface area contributed by atoms with Crippen molar-refractivity contribution < 1.29 is 9.47 Å². The zero-order valence-corrected chi connectivity index (χ0v) is 16.9. The zero-order valence-electron chi connectivity index (χ0n) is 11.3. The molecule has 0 N–H and O–H groups in total. The molecule has 1 aliphatic rings. The first kappa shape index (κ1) is 15.8. The van der Waals surface area contributed by atoms with Crippen molar-refractivity contribution in [3.63, 3.8) is 0 Å². The Morgan fingerprint density at radius 3 is 2.38 bits per heavy atom. The maximum absolute atomic E-state index is 5.79. The first-order chi connectivity index (χ1) is 10.1. The molecule has 1 aromatic carbocycles. The molecule has 3 rings (SSSR count). The summed E-state index contributed by atoms with van der Waals surface area (Å²) in [7, 11) is 0. The average molecular weight is 497 g/mol. The third kappa shape index (κ3) is 3.33. The van der Waals surface area contributed by atoms with Crippen LogP contribution in [-0.2, 0) is 0 Å². The molecule has 1 aromatic heterocycles. The Kier molecular flexibility index (Phi) is 4.98.